The highest BCUT2D eigenvalue weighted by molar-refractivity contribution is 5.94. The van der Waals surface area contributed by atoms with Crippen LogP contribution >= 0.6 is 0 Å². The predicted octanol–water partition coefficient (Wildman–Crippen LogP) is -0.878. The fourth-order valence-corrected chi connectivity index (χ4v) is 3.08. The van der Waals surface area contributed by atoms with Crippen LogP contribution < -0.4 is 16.1 Å². The first-order valence-corrected chi connectivity index (χ1v) is 7.94. The lowest BCUT2D eigenvalue weighted by atomic mass is 10.3. The average molecular weight is 334 g/mol. The smallest absolute Gasteiger partial charge is 0.304 e. The molecule has 0 aromatic carbocycles. The van der Waals surface area contributed by atoms with Crippen LogP contribution in [0, 0.1) is 0 Å². The summed E-state index contributed by atoms with van der Waals surface area (Å²) < 4.78 is 4.21. The number of amides is 1. The van der Waals surface area contributed by atoms with Gasteiger partial charge in [0, 0.05) is 27.2 Å². The Morgan fingerprint density at radius 1 is 1.12 bits per heavy atom. The lowest BCUT2D eigenvalue weighted by molar-refractivity contribution is -0.119. The van der Waals surface area contributed by atoms with E-state index in [9.17, 15) is 14.4 Å². The number of nitrogens with zero attached hydrogens (tertiary/aromatic N) is 6. The van der Waals surface area contributed by atoms with Crippen molar-refractivity contribution in [3.05, 3.63) is 20.8 Å². The number of hydrogen-bond acceptors (Lipinski definition) is 5. The van der Waals surface area contributed by atoms with E-state index in [1.54, 1.807) is 21.4 Å². The van der Waals surface area contributed by atoms with Gasteiger partial charge < -0.3 is 9.47 Å². The molecule has 1 aliphatic heterocycles. The summed E-state index contributed by atoms with van der Waals surface area (Å²) in [7, 11) is 6.70. The van der Waals surface area contributed by atoms with Crippen molar-refractivity contribution in [3.63, 3.8) is 0 Å². The highest BCUT2D eigenvalue weighted by Gasteiger charge is 2.27. The average Bonchev–Trinajstić information content (AvgIpc) is 2.77. The van der Waals surface area contributed by atoms with Gasteiger partial charge in [-0.3, -0.25) is 23.6 Å². The molecule has 0 spiro atoms. The standard InChI is InChI=1S/C15H22N6O3/c1-17(2)9-10(22)20-7-5-6-8-21-11-12(16-14(20)21)18(3)15(24)19(4)13(11)23/h5-9H2,1-4H3. The molecule has 9 nitrogen and oxygen atoms in total. The molecule has 0 atom stereocenters. The van der Waals surface area contributed by atoms with Crippen molar-refractivity contribution < 1.29 is 4.79 Å². The molecule has 2 aromatic rings. The molecule has 2 aromatic heterocycles. The second-order valence-corrected chi connectivity index (χ2v) is 6.43. The summed E-state index contributed by atoms with van der Waals surface area (Å²) in [6.07, 6.45) is 1.69. The normalized spacial score (nSPS) is 15.0. The molecule has 3 rings (SSSR count). The monoisotopic (exact) mass is 334 g/mol. The Labute approximate surface area is 138 Å². The molecule has 1 aliphatic rings. The zero-order valence-corrected chi connectivity index (χ0v) is 14.4. The van der Waals surface area contributed by atoms with E-state index in [0.29, 0.717) is 30.2 Å². The summed E-state index contributed by atoms with van der Waals surface area (Å²) in [6, 6.07) is 0. The van der Waals surface area contributed by atoms with E-state index in [2.05, 4.69) is 4.98 Å². The molecule has 0 saturated carbocycles. The molecule has 0 saturated heterocycles. The number of anilines is 1. The van der Waals surface area contributed by atoms with E-state index in [0.717, 1.165) is 17.4 Å². The number of rotatable bonds is 2. The molecule has 1 amide bonds. The second-order valence-electron chi connectivity index (χ2n) is 6.43. The maximum Gasteiger partial charge on any atom is 0.332 e. The number of fused-ring (bicyclic) bond motifs is 3. The molecule has 0 N–H and O–H groups in total. The van der Waals surface area contributed by atoms with Crippen LogP contribution in [-0.2, 0) is 25.4 Å². The summed E-state index contributed by atoms with van der Waals surface area (Å²) in [5.41, 5.74) is -0.109. The number of aryl methyl sites for hydroxylation is 2. The van der Waals surface area contributed by atoms with Gasteiger partial charge in [-0.05, 0) is 26.9 Å². The van der Waals surface area contributed by atoms with Crippen molar-refractivity contribution in [1.29, 1.82) is 0 Å². The number of hydrogen-bond donors (Lipinski definition) is 0. The van der Waals surface area contributed by atoms with E-state index in [1.807, 2.05) is 14.1 Å². The summed E-state index contributed by atoms with van der Waals surface area (Å²) in [5.74, 6) is 0.382. The van der Waals surface area contributed by atoms with Crippen LogP contribution in [0.25, 0.3) is 11.2 Å². The van der Waals surface area contributed by atoms with Crippen molar-refractivity contribution in [3.8, 4) is 0 Å². The molecule has 0 radical (unpaired) electrons. The zero-order chi connectivity index (χ0) is 17.6. The van der Waals surface area contributed by atoms with Crippen molar-refractivity contribution in [2.24, 2.45) is 14.1 Å². The van der Waals surface area contributed by atoms with E-state index >= 15 is 0 Å². The molecule has 0 bridgehead atoms. The topological polar surface area (TPSA) is 85.4 Å². The summed E-state index contributed by atoms with van der Waals surface area (Å²) in [5, 5.41) is 0. The minimum atomic E-state index is -0.424. The van der Waals surface area contributed by atoms with Gasteiger partial charge in [-0.15, -0.1) is 0 Å². The molecule has 24 heavy (non-hydrogen) atoms. The maximum absolute atomic E-state index is 12.6. The van der Waals surface area contributed by atoms with Gasteiger partial charge in [0.2, 0.25) is 11.9 Å². The van der Waals surface area contributed by atoms with Gasteiger partial charge in [-0.25, -0.2) is 4.79 Å². The van der Waals surface area contributed by atoms with Crippen molar-refractivity contribution in [2.45, 2.75) is 19.4 Å². The second kappa shape index (κ2) is 5.90. The third-order valence-corrected chi connectivity index (χ3v) is 4.34. The minimum Gasteiger partial charge on any atom is -0.304 e. The van der Waals surface area contributed by atoms with Crippen LogP contribution in [0.2, 0.25) is 0 Å². The van der Waals surface area contributed by atoms with Gasteiger partial charge in [0.25, 0.3) is 5.56 Å². The van der Waals surface area contributed by atoms with Crippen LogP contribution in [0.3, 0.4) is 0 Å². The number of aromatic nitrogens is 4. The van der Waals surface area contributed by atoms with Gasteiger partial charge in [-0.1, -0.05) is 0 Å². The van der Waals surface area contributed by atoms with Crippen LogP contribution in [0.1, 0.15) is 12.8 Å². The van der Waals surface area contributed by atoms with Gasteiger partial charge in [0.1, 0.15) is 0 Å². The maximum atomic E-state index is 12.6. The Bertz CT molecular complexity index is 920. The fraction of sp³-hybridized carbons (Fsp3) is 0.600. The van der Waals surface area contributed by atoms with Gasteiger partial charge in [0.05, 0.1) is 6.54 Å². The number of likely N-dealkylation sites (N-methyl/N-ethyl adjacent to an activating group) is 1. The molecular weight excluding hydrogens is 312 g/mol. The first kappa shape index (κ1) is 16.4. The Kier molecular flexibility index (Phi) is 4.04. The van der Waals surface area contributed by atoms with Crippen LogP contribution in [0.15, 0.2) is 9.59 Å². The quantitative estimate of drug-likeness (QED) is 0.712. The molecular formula is C15H22N6O3. The van der Waals surface area contributed by atoms with Crippen LogP contribution in [0.5, 0.6) is 0 Å². The highest BCUT2D eigenvalue weighted by Crippen LogP contribution is 2.23. The summed E-state index contributed by atoms with van der Waals surface area (Å²) in [4.78, 5) is 45.2. The Balaban J connectivity index is 2.27. The number of carbonyl (C=O) groups is 1. The Morgan fingerprint density at radius 2 is 1.79 bits per heavy atom. The largest absolute Gasteiger partial charge is 0.332 e. The van der Waals surface area contributed by atoms with Crippen molar-refractivity contribution in [2.75, 3.05) is 32.1 Å². The first-order chi connectivity index (χ1) is 11.3. The zero-order valence-electron chi connectivity index (χ0n) is 14.4. The lowest BCUT2D eigenvalue weighted by Crippen LogP contribution is -2.39. The predicted molar refractivity (Wildman–Crippen MR) is 90.4 cm³/mol. The summed E-state index contributed by atoms with van der Waals surface area (Å²) in [6.45, 7) is 1.43. The molecule has 3 heterocycles. The third-order valence-electron chi connectivity index (χ3n) is 4.34. The van der Waals surface area contributed by atoms with Gasteiger partial charge >= 0.3 is 5.69 Å². The summed E-state index contributed by atoms with van der Waals surface area (Å²) >= 11 is 0. The minimum absolute atomic E-state index is 0.0692. The molecule has 130 valence electrons. The number of carbonyl (C=O) groups excluding carboxylic acids is 1. The van der Waals surface area contributed by atoms with Crippen LogP contribution in [0.4, 0.5) is 5.95 Å². The van der Waals surface area contributed by atoms with Gasteiger partial charge in [0.15, 0.2) is 11.2 Å². The SMILES string of the molecule is CN(C)CC(=O)N1CCCCn2c1nc1c2c(=O)n(C)c(=O)n1C. The van der Waals surface area contributed by atoms with E-state index in [4.69, 9.17) is 0 Å². The van der Waals surface area contributed by atoms with E-state index in [-0.39, 0.29) is 18.0 Å². The first-order valence-electron chi connectivity index (χ1n) is 7.94. The highest BCUT2D eigenvalue weighted by atomic mass is 16.2. The Morgan fingerprint density at radius 3 is 2.46 bits per heavy atom. The van der Waals surface area contributed by atoms with Crippen molar-refractivity contribution in [1.82, 2.24) is 23.6 Å². The van der Waals surface area contributed by atoms with E-state index < -0.39 is 5.69 Å². The molecule has 0 unspecified atom stereocenters. The fourth-order valence-electron chi connectivity index (χ4n) is 3.08. The molecule has 0 aliphatic carbocycles. The van der Waals surface area contributed by atoms with Crippen LogP contribution in [-0.4, -0.2) is 56.7 Å². The molecule has 0 fully saturated rings. The Hall–Kier alpha value is -2.42. The van der Waals surface area contributed by atoms with Crippen molar-refractivity contribution >= 4 is 23.0 Å². The van der Waals surface area contributed by atoms with E-state index in [1.165, 1.54) is 11.6 Å². The number of imidazole rings is 1. The third kappa shape index (κ3) is 2.44. The lowest BCUT2D eigenvalue weighted by Gasteiger charge is -2.21. The molecule has 9 heteroatoms. The van der Waals surface area contributed by atoms with Gasteiger partial charge in [-0.2, -0.15) is 4.98 Å².